The third kappa shape index (κ3) is 2.41. The maximum absolute atomic E-state index is 11.7. The van der Waals surface area contributed by atoms with Crippen molar-refractivity contribution < 1.29 is 14.9 Å². The molecule has 0 amide bonds. The molecule has 18 heavy (non-hydrogen) atoms. The SMILES string of the molecule is O=c1[nH]c(=O)n([C@@H]2O[C@H](CO)[C@@H](O)C2I)cc1Br. The molecule has 1 fully saturated rings. The van der Waals surface area contributed by atoms with Gasteiger partial charge in [0.15, 0.2) is 6.23 Å². The number of aliphatic hydroxyl groups is 2. The lowest BCUT2D eigenvalue weighted by atomic mass is 10.2. The third-order valence-corrected chi connectivity index (χ3v) is 4.59. The van der Waals surface area contributed by atoms with Crippen LogP contribution in [-0.2, 0) is 4.74 Å². The van der Waals surface area contributed by atoms with Crippen molar-refractivity contribution in [2.24, 2.45) is 0 Å². The fourth-order valence-corrected chi connectivity index (χ4v) is 3.03. The zero-order valence-electron chi connectivity index (χ0n) is 8.92. The van der Waals surface area contributed by atoms with Gasteiger partial charge in [0.2, 0.25) is 0 Å². The number of aromatic amines is 1. The first-order valence-electron chi connectivity index (χ1n) is 5.05. The van der Waals surface area contributed by atoms with Crippen LogP contribution in [0.1, 0.15) is 6.23 Å². The smallest absolute Gasteiger partial charge is 0.330 e. The Balaban J connectivity index is 2.42. The molecule has 0 bridgehead atoms. The van der Waals surface area contributed by atoms with Crippen molar-refractivity contribution in [2.45, 2.75) is 22.4 Å². The lowest BCUT2D eigenvalue weighted by Crippen LogP contribution is -2.35. The predicted molar refractivity (Wildman–Crippen MR) is 73.8 cm³/mol. The van der Waals surface area contributed by atoms with Gasteiger partial charge in [-0.2, -0.15) is 0 Å². The number of alkyl halides is 1. The van der Waals surface area contributed by atoms with Gasteiger partial charge >= 0.3 is 5.69 Å². The highest BCUT2D eigenvalue weighted by Crippen LogP contribution is 2.34. The molecule has 4 atom stereocenters. The van der Waals surface area contributed by atoms with Gasteiger partial charge in [0.25, 0.3) is 5.56 Å². The van der Waals surface area contributed by atoms with E-state index in [1.807, 2.05) is 22.6 Å². The summed E-state index contributed by atoms with van der Waals surface area (Å²) in [5, 5.41) is 18.9. The molecule has 0 aromatic carbocycles. The van der Waals surface area contributed by atoms with Crippen LogP contribution in [0.4, 0.5) is 0 Å². The van der Waals surface area contributed by atoms with Gasteiger partial charge in [-0.1, -0.05) is 22.6 Å². The van der Waals surface area contributed by atoms with Crippen LogP contribution in [0.5, 0.6) is 0 Å². The van der Waals surface area contributed by atoms with Gasteiger partial charge in [-0.15, -0.1) is 0 Å². The zero-order chi connectivity index (χ0) is 13.4. The number of halogens is 2. The molecule has 100 valence electrons. The van der Waals surface area contributed by atoms with Crippen molar-refractivity contribution in [1.29, 1.82) is 0 Å². The first-order valence-corrected chi connectivity index (χ1v) is 7.09. The van der Waals surface area contributed by atoms with Gasteiger partial charge in [0.1, 0.15) is 6.10 Å². The Morgan fingerprint density at radius 2 is 2.22 bits per heavy atom. The van der Waals surface area contributed by atoms with Gasteiger partial charge in [0, 0.05) is 6.20 Å². The second-order valence-corrected chi connectivity index (χ2v) is 6.12. The number of nitrogens with one attached hydrogen (secondary N) is 1. The number of hydrogen-bond acceptors (Lipinski definition) is 5. The molecule has 0 aliphatic carbocycles. The van der Waals surface area contributed by atoms with Crippen molar-refractivity contribution in [3.05, 3.63) is 31.5 Å². The maximum Gasteiger partial charge on any atom is 0.330 e. The Bertz CT molecular complexity index is 559. The van der Waals surface area contributed by atoms with Crippen LogP contribution in [0.3, 0.4) is 0 Å². The number of H-pyrrole nitrogens is 1. The number of nitrogens with zero attached hydrogens (tertiary/aromatic N) is 1. The Hall–Kier alpha value is -0.230. The van der Waals surface area contributed by atoms with Gasteiger partial charge in [-0.05, 0) is 15.9 Å². The Labute approximate surface area is 123 Å². The summed E-state index contributed by atoms with van der Waals surface area (Å²) in [6, 6.07) is 0. The molecule has 2 heterocycles. The average molecular weight is 433 g/mol. The van der Waals surface area contributed by atoms with Crippen LogP contribution < -0.4 is 11.2 Å². The van der Waals surface area contributed by atoms with E-state index in [-0.39, 0.29) is 11.1 Å². The third-order valence-electron chi connectivity index (χ3n) is 2.67. The second kappa shape index (κ2) is 5.41. The Morgan fingerprint density at radius 1 is 1.56 bits per heavy atom. The van der Waals surface area contributed by atoms with Crippen LogP contribution in [0.2, 0.25) is 0 Å². The van der Waals surface area contributed by atoms with Gasteiger partial charge in [0.05, 0.1) is 21.1 Å². The largest absolute Gasteiger partial charge is 0.394 e. The predicted octanol–water partition coefficient (Wildman–Crippen LogP) is -0.647. The molecule has 0 spiro atoms. The molecular weight excluding hydrogens is 423 g/mol. The molecule has 1 aliphatic rings. The summed E-state index contributed by atoms with van der Waals surface area (Å²) in [4.78, 5) is 25.0. The van der Waals surface area contributed by atoms with E-state index < -0.39 is 33.6 Å². The van der Waals surface area contributed by atoms with E-state index in [0.717, 1.165) is 0 Å². The first-order chi connectivity index (χ1) is 8.45. The minimum atomic E-state index is -0.877. The summed E-state index contributed by atoms with van der Waals surface area (Å²) in [7, 11) is 0. The van der Waals surface area contributed by atoms with Crippen LogP contribution in [0.25, 0.3) is 0 Å². The van der Waals surface area contributed by atoms with Crippen molar-refractivity contribution in [2.75, 3.05) is 6.61 Å². The van der Waals surface area contributed by atoms with E-state index in [1.165, 1.54) is 10.8 Å². The van der Waals surface area contributed by atoms with Crippen molar-refractivity contribution in [3.63, 3.8) is 0 Å². The van der Waals surface area contributed by atoms with E-state index in [2.05, 4.69) is 20.9 Å². The minimum absolute atomic E-state index is 0.191. The minimum Gasteiger partial charge on any atom is -0.394 e. The van der Waals surface area contributed by atoms with Crippen LogP contribution in [-0.4, -0.2) is 42.5 Å². The van der Waals surface area contributed by atoms with Crippen molar-refractivity contribution >= 4 is 38.5 Å². The molecule has 0 saturated carbocycles. The molecule has 2 rings (SSSR count). The molecule has 9 heteroatoms. The highest BCUT2D eigenvalue weighted by Gasteiger charge is 2.43. The number of rotatable bonds is 2. The standard InChI is InChI=1S/C9H10BrIN2O5/c10-3-1-13(9(17)12-7(3)16)8-5(11)6(15)4(2-14)18-8/h1,4-6,8,14-15H,2H2,(H,12,16,17)/t4-,5?,6-,8-/m1/s1. The molecule has 1 aromatic heterocycles. The van der Waals surface area contributed by atoms with E-state index in [1.54, 1.807) is 0 Å². The van der Waals surface area contributed by atoms with Crippen LogP contribution in [0.15, 0.2) is 20.3 Å². The fraction of sp³-hybridized carbons (Fsp3) is 0.556. The van der Waals surface area contributed by atoms with E-state index >= 15 is 0 Å². The molecule has 1 aliphatic heterocycles. The van der Waals surface area contributed by atoms with Crippen molar-refractivity contribution in [3.8, 4) is 0 Å². The molecule has 3 N–H and O–H groups in total. The normalized spacial score (nSPS) is 31.8. The lowest BCUT2D eigenvalue weighted by molar-refractivity contribution is -0.0456. The quantitative estimate of drug-likeness (QED) is 0.425. The summed E-state index contributed by atoms with van der Waals surface area (Å²) < 4.78 is 6.38. The Kier molecular flexibility index (Phi) is 4.26. The van der Waals surface area contributed by atoms with Crippen LogP contribution >= 0.6 is 38.5 Å². The molecule has 1 aromatic rings. The molecule has 1 saturated heterocycles. The highest BCUT2D eigenvalue weighted by molar-refractivity contribution is 14.1. The van der Waals surface area contributed by atoms with Gasteiger partial charge in [-0.25, -0.2) is 4.79 Å². The summed E-state index contributed by atoms with van der Waals surface area (Å²) in [5.41, 5.74) is -1.15. The number of hydrogen-bond donors (Lipinski definition) is 3. The Morgan fingerprint density at radius 3 is 2.78 bits per heavy atom. The summed E-state index contributed by atoms with van der Waals surface area (Å²) in [6.07, 6.45) is -1.05. The average Bonchev–Trinajstić information content (AvgIpc) is 2.61. The number of ether oxygens (including phenoxy) is 1. The topological polar surface area (TPSA) is 105 Å². The van der Waals surface area contributed by atoms with Crippen molar-refractivity contribution in [1.82, 2.24) is 9.55 Å². The monoisotopic (exact) mass is 432 g/mol. The summed E-state index contributed by atoms with van der Waals surface area (Å²) >= 11 is 4.97. The van der Waals surface area contributed by atoms with E-state index in [4.69, 9.17) is 9.84 Å². The molecule has 1 unspecified atom stereocenters. The van der Waals surface area contributed by atoms with Gasteiger partial charge in [-0.3, -0.25) is 14.3 Å². The van der Waals surface area contributed by atoms with E-state index in [9.17, 15) is 14.7 Å². The molecule has 0 radical (unpaired) electrons. The summed E-state index contributed by atoms with van der Waals surface area (Å²) in [5.74, 6) is 0. The number of aromatic nitrogens is 2. The lowest BCUT2D eigenvalue weighted by Gasteiger charge is -2.16. The fourth-order valence-electron chi connectivity index (χ4n) is 1.73. The number of aliphatic hydroxyl groups excluding tert-OH is 2. The first kappa shape index (κ1) is 14.2. The second-order valence-electron chi connectivity index (χ2n) is 3.83. The maximum atomic E-state index is 11.7. The molecular formula is C9H10BrIN2O5. The molecule has 7 nitrogen and oxygen atoms in total. The zero-order valence-corrected chi connectivity index (χ0v) is 12.7. The van der Waals surface area contributed by atoms with E-state index in [0.29, 0.717) is 0 Å². The van der Waals surface area contributed by atoms with Crippen LogP contribution in [0, 0.1) is 0 Å². The highest BCUT2D eigenvalue weighted by atomic mass is 127. The summed E-state index contributed by atoms with van der Waals surface area (Å²) in [6.45, 7) is -0.337. The van der Waals surface area contributed by atoms with Gasteiger partial charge < -0.3 is 14.9 Å².